The number of aromatic nitrogens is 1. The lowest BCUT2D eigenvalue weighted by Crippen LogP contribution is -2.53. The fraction of sp³-hybridized carbons (Fsp3) is 0.393. The van der Waals surface area contributed by atoms with E-state index in [1.54, 1.807) is 5.38 Å². The molecule has 2 atom stereocenters. The van der Waals surface area contributed by atoms with E-state index < -0.39 is 0 Å². The Morgan fingerprint density at radius 1 is 0.943 bits per heavy atom. The first-order valence-corrected chi connectivity index (χ1v) is 13.0. The van der Waals surface area contributed by atoms with Crippen molar-refractivity contribution < 1.29 is 14.3 Å². The Bertz CT molecular complexity index is 1140. The molecule has 2 aromatic carbocycles. The molecule has 7 heteroatoms. The fourth-order valence-corrected chi connectivity index (χ4v) is 4.92. The van der Waals surface area contributed by atoms with Crippen molar-refractivity contribution in [1.82, 2.24) is 15.6 Å². The molecule has 2 N–H and O–H groups in total. The van der Waals surface area contributed by atoms with Gasteiger partial charge in [-0.05, 0) is 48.1 Å². The third-order valence-corrected chi connectivity index (χ3v) is 7.12. The molecule has 0 saturated heterocycles. The number of thiazole rings is 1. The summed E-state index contributed by atoms with van der Waals surface area (Å²) in [6.07, 6.45) is 3.71. The molecule has 184 valence electrons. The molecular formula is C28H33N3O3S. The number of para-hydroxylation sites is 1. The van der Waals surface area contributed by atoms with Crippen LogP contribution in [0.4, 0.5) is 0 Å². The zero-order valence-electron chi connectivity index (χ0n) is 20.5. The van der Waals surface area contributed by atoms with Crippen LogP contribution in [-0.2, 0) is 12.0 Å². The second kappa shape index (κ2) is 11.0. The van der Waals surface area contributed by atoms with Crippen molar-refractivity contribution >= 4 is 23.2 Å². The maximum absolute atomic E-state index is 12.9. The highest BCUT2D eigenvalue weighted by molar-refractivity contribution is 7.09. The Kier molecular flexibility index (Phi) is 7.86. The zero-order valence-corrected chi connectivity index (χ0v) is 21.4. The third kappa shape index (κ3) is 6.69. The van der Waals surface area contributed by atoms with Gasteiger partial charge in [-0.15, -0.1) is 11.3 Å². The number of carbonyl (C=O) groups excluding carboxylic acids is 2. The summed E-state index contributed by atoms with van der Waals surface area (Å²) >= 11 is 1.40. The van der Waals surface area contributed by atoms with Crippen molar-refractivity contribution in [3.05, 3.63) is 81.8 Å². The molecule has 2 amide bonds. The summed E-state index contributed by atoms with van der Waals surface area (Å²) < 4.78 is 5.73. The number of hydrogen-bond acceptors (Lipinski definition) is 5. The van der Waals surface area contributed by atoms with E-state index in [0.717, 1.165) is 36.4 Å². The first kappa shape index (κ1) is 24.9. The molecule has 0 spiro atoms. The summed E-state index contributed by atoms with van der Waals surface area (Å²) in [6.45, 7) is 6.77. The van der Waals surface area contributed by atoms with Crippen molar-refractivity contribution in [3.63, 3.8) is 0 Å². The van der Waals surface area contributed by atoms with Gasteiger partial charge >= 0.3 is 0 Å². The minimum atomic E-state index is -0.215. The monoisotopic (exact) mass is 491 g/mol. The van der Waals surface area contributed by atoms with Crippen molar-refractivity contribution in [2.75, 3.05) is 0 Å². The molecule has 6 nitrogen and oxygen atoms in total. The van der Waals surface area contributed by atoms with Gasteiger partial charge in [-0.3, -0.25) is 9.59 Å². The maximum Gasteiger partial charge on any atom is 0.271 e. The Hall–Kier alpha value is -3.19. The molecule has 1 saturated carbocycles. The Morgan fingerprint density at radius 3 is 2.20 bits per heavy atom. The minimum absolute atomic E-state index is 0.0387. The van der Waals surface area contributed by atoms with Crippen LogP contribution in [-0.4, -0.2) is 28.9 Å². The number of rotatable bonds is 7. The van der Waals surface area contributed by atoms with Crippen LogP contribution in [0.1, 0.15) is 77.9 Å². The predicted molar refractivity (Wildman–Crippen MR) is 139 cm³/mol. The van der Waals surface area contributed by atoms with Gasteiger partial charge in [0.15, 0.2) is 0 Å². The van der Waals surface area contributed by atoms with E-state index in [4.69, 9.17) is 4.74 Å². The van der Waals surface area contributed by atoms with E-state index >= 15 is 0 Å². The lowest BCUT2D eigenvalue weighted by Gasteiger charge is -2.32. The average molecular weight is 492 g/mol. The number of hydrogen-bond donors (Lipinski definition) is 2. The highest BCUT2D eigenvalue weighted by Gasteiger charge is 2.29. The largest absolute Gasteiger partial charge is 0.486 e. The van der Waals surface area contributed by atoms with Gasteiger partial charge in [0.05, 0.1) is 0 Å². The molecule has 0 radical (unpaired) electrons. The van der Waals surface area contributed by atoms with E-state index in [1.807, 2.05) is 54.6 Å². The second-order valence-electron chi connectivity index (χ2n) is 10.00. The highest BCUT2D eigenvalue weighted by atomic mass is 32.1. The standard InChI is InChI=1S/C28H33N3O3S/c1-28(2,3)20-15-13-19(14-16-20)26(32)30-22-11-7-8-12-23(22)31-27(33)24-18-35-25(29-24)17-34-21-9-5-4-6-10-21/h4-6,9-10,13-16,18,22-23H,7-8,11-12,17H2,1-3H3,(H,30,32)(H,31,33)/t22-,23-/m0/s1. The van der Waals surface area contributed by atoms with Crippen LogP contribution < -0.4 is 15.4 Å². The molecule has 0 bridgehead atoms. The lowest BCUT2D eigenvalue weighted by molar-refractivity contribution is 0.0860. The van der Waals surface area contributed by atoms with Crippen LogP contribution in [0.5, 0.6) is 5.75 Å². The smallest absolute Gasteiger partial charge is 0.271 e. The van der Waals surface area contributed by atoms with Crippen LogP contribution in [0.3, 0.4) is 0 Å². The van der Waals surface area contributed by atoms with Crippen LogP contribution in [0.15, 0.2) is 60.0 Å². The SMILES string of the molecule is CC(C)(C)c1ccc(C(=O)N[C@H]2CCCC[C@@H]2NC(=O)c2csc(COc3ccccc3)n2)cc1. The van der Waals surface area contributed by atoms with Gasteiger partial charge in [-0.1, -0.05) is 63.9 Å². The summed E-state index contributed by atoms with van der Waals surface area (Å²) in [5.41, 5.74) is 2.25. The summed E-state index contributed by atoms with van der Waals surface area (Å²) in [4.78, 5) is 30.3. The summed E-state index contributed by atoms with van der Waals surface area (Å²) in [6, 6.07) is 17.1. The van der Waals surface area contributed by atoms with E-state index in [9.17, 15) is 9.59 Å². The van der Waals surface area contributed by atoms with Gasteiger partial charge in [-0.25, -0.2) is 4.98 Å². The van der Waals surface area contributed by atoms with Gasteiger partial charge in [0.2, 0.25) is 0 Å². The second-order valence-corrected chi connectivity index (χ2v) is 10.9. The van der Waals surface area contributed by atoms with Crippen LogP contribution >= 0.6 is 11.3 Å². The molecule has 0 unspecified atom stereocenters. The number of nitrogens with zero attached hydrogens (tertiary/aromatic N) is 1. The highest BCUT2D eigenvalue weighted by Crippen LogP contribution is 2.23. The molecule has 1 aliphatic rings. The van der Waals surface area contributed by atoms with E-state index in [0.29, 0.717) is 17.9 Å². The van der Waals surface area contributed by atoms with E-state index in [2.05, 4.69) is 36.4 Å². The minimum Gasteiger partial charge on any atom is -0.486 e. The zero-order chi connectivity index (χ0) is 24.8. The maximum atomic E-state index is 12.9. The summed E-state index contributed by atoms with van der Waals surface area (Å²) in [5.74, 6) is 0.445. The van der Waals surface area contributed by atoms with Crippen LogP contribution in [0.25, 0.3) is 0 Å². The topological polar surface area (TPSA) is 80.3 Å². The first-order chi connectivity index (χ1) is 16.8. The Morgan fingerprint density at radius 2 is 1.57 bits per heavy atom. The van der Waals surface area contributed by atoms with Crippen molar-refractivity contribution in [2.45, 2.75) is 70.6 Å². The number of nitrogens with one attached hydrogen (secondary N) is 2. The van der Waals surface area contributed by atoms with Gasteiger partial charge in [-0.2, -0.15) is 0 Å². The Labute approximate surface area is 211 Å². The summed E-state index contributed by atoms with van der Waals surface area (Å²) in [5, 5.41) is 8.76. The van der Waals surface area contributed by atoms with Crippen molar-refractivity contribution in [1.29, 1.82) is 0 Å². The van der Waals surface area contributed by atoms with Gasteiger partial charge in [0, 0.05) is 23.0 Å². The Balaban J connectivity index is 1.34. The average Bonchev–Trinajstić information content (AvgIpc) is 3.33. The summed E-state index contributed by atoms with van der Waals surface area (Å²) in [7, 11) is 0. The molecule has 1 aromatic heterocycles. The lowest BCUT2D eigenvalue weighted by atomic mass is 9.86. The fourth-order valence-electron chi connectivity index (χ4n) is 4.24. The van der Waals surface area contributed by atoms with Gasteiger partial charge < -0.3 is 15.4 Å². The van der Waals surface area contributed by atoms with Crippen LogP contribution in [0.2, 0.25) is 0 Å². The van der Waals surface area contributed by atoms with Gasteiger partial charge in [0.25, 0.3) is 11.8 Å². The molecule has 35 heavy (non-hydrogen) atoms. The first-order valence-electron chi connectivity index (χ1n) is 12.1. The number of carbonyl (C=O) groups is 2. The van der Waals surface area contributed by atoms with Gasteiger partial charge in [0.1, 0.15) is 23.1 Å². The third-order valence-electron chi connectivity index (χ3n) is 6.30. The van der Waals surface area contributed by atoms with E-state index in [-0.39, 0.29) is 29.3 Å². The molecule has 4 rings (SSSR count). The quantitative estimate of drug-likeness (QED) is 0.458. The molecule has 1 aliphatic carbocycles. The number of ether oxygens (including phenoxy) is 1. The molecule has 3 aromatic rings. The predicted octanol–water partition coefficient (Wildman–Crippen LogP) is 5.49. The number of amides is 2. The molecule has 1 fully saturated rings. The molecule has 0 aliphatic heterocycles. The molecular weight excluding hydrogens is 458 g/mol. The molecule has 1 heterocycles. The van der Waals surface area contributed by atoms with Crippen molar-refractivity contribution in [3.8, 4) is 5.75 Å². The van der Waals surface area contributed by atoms with Crippen LogP contribution in [0, 0.1) is 0 Å². The van der Waals surface area contributed by atoms with Crippen molar-refractivity contribution in [2.24, 2.45) is 0 Å². The normalized spacial score (nSPS) is 18.0. The van der Waals surface area contributed by atoms with E-state index in [1.165, 1.54) is 16.9 Å². The number of benzene rings is 2.